The number of benzene rings is 1. The Kier molecular flexibility index (Phi) is 4.20. The van der Waals surface area contributed by atoms with Gasteiger partial charge < -0.3 is 14.6 Å². The van der Waals surface area contributed by atoms with Gasteiger partial charge in [-0.1, -0.05) is 34.1 Å². The lowest BCUT2D eigenvalue weighted by atomic mass is 10.1. The average molecular weight is 301 g/mol. The predicted octanol–water partition coefficient (Wildman–Crippen LogP) is 2.51. The maximum Gasteiger partial charge on any atom is 0.170 e. The van der Waals surface area contributed by atoms with Gasteiger partial charge in [0.1, 0.15) is 0 Å². The number of halogens is 1. The first-order chi connectivity index (χ1) is 8.13. The fourth-order valence-electron chi connectivity index (χ4n) is 2.06. The number of hydrogen-bond acceptors (Lipinski definition) is 3. The standard InChI is InChI=1S/C13H17BrO3/c1-13(16-9-11(17-13)6-7-15)8-10-4-2-3-5-12(10)14/h2-5,11,15H,6-9H2,1H3. The van der Waals surface area contributed by atoms with Gasteiger partial charge in [0.05, 0.1) is 12.7 Å². The van der Waals surface area contributed by atoms with Crippen molar-refractivity contribution in [3.05, 3.63) is 34.3 Å². The highest BCUT2D eigenvalue weighted by Gasteiger charge is 2.37. The average Bonchev–Trinajstić information content (AvgIpc) is 2.64. The van der Waals surface area contributed by atoms with E-state index in [1.807, 2.05) is 25.1 Å². The van der Waals surface area contributed by atoms with Gasteiger partial charge in [0.25, 0.3) is 0 Å². The van der Waals surface area contributed by atoms with Crippen LogP contribution in [-0.4, -0.2) is 30.2 Å². The first-order valence-corrected chi connectivity index (χ1v) is 6.58. The Bertz CT molecular complexity index is 383. The number of hydrogen-bond donors (Lipinski definition) is 1. The van der Waals surface area contributed by atoms with Crippen molar-refractivity contribution in [3.8, 4) is 0 Å². The summed E-state index contributed by atoms with van der Waals surface area (Å²) in [5, 5.41) is 8.89. The summed E-state index contributed by atoms with van der Waals surface area (Å²) in [5.74, 6) is -0.580. The van der Waals surface area contributed by atoms with Crippen LogP contribution in [0.25, 0.3) is 0 Å². The van der Waals surface area contributed by atoms with Gasteiger partial charge in [-0.05, 0) is 25.0 Å². The molecule has 2 rings (SSSR count). The zero-order valence-electron chi connectivity index (χ0n) is 9.86. The zero-order chi connectivity index (χ0) is 12.3. The molecule has 1 aromatic carbocycles. The molecule has 3 nitrogen and oxygen atoms in total. The van der Waals surface area contributed by atoms with Gasteiger partial charge in [0.15, 0.2) is 5.79 Å². The van der Waals surface area contributed by atoms with Crippen molar-refractivity contribution in [2.75, 3.05) is 13.2 Å². The second-order valence-electron chi connectivity index (χ2n) is 4.47. The van der Waals surface area contributed by atoms with E-state index in [1.165, 1.54) is 5.56 Å². The Morgan fingerprint density at radius 1 is 1.47 bits per heavy atom. The summed E-state index contributed by atoms with van der Waals surface area (Å²) in [6.45, 7) is 2.64. The molecule has 1 aliphatic rings. The van der Waals surface area contributed by atoms with Crippen molar-refractivity contribution in [2.45, 2.75) is 31.7 Å². The zero-order valence-corrected chi connectivity index (χ0v) is 11.4. The van der Waals surface area contributed by atoms with E-state index < -0.39 is 5.79 Å². The Balaban J connectivity index is 2.02. The van der Waals surface area contributed by atoms with Crippen molar-refractivity contribution < 1.29 is 14.6 Å². The second-order valence-corrected chi connectivity index (χ2v) is 5.32. The Morgan fingerprint density at radius 3 is 2.94 bits per heavy atom. The van der Waals surface area contributed by atoms with E-state index in [4.69, 9.17) is 14.6 Å². The van der Waals surface area contributed by atoms with E-state index in [-0.39, 0.29) is 12.7 Å². The molecular weight excluding hydrogens is 284 g/mol. The summed E-state index contributed by atoms with van der Waals surface area (Å²) in [6, 6.07) is 8.06. The molecule has 0 bridgehead atoms. The third-order valence-electron chi connectivity index (χ3n) is 2.91. The lowest BCUT2D eigenvalue weighted by molar-refractivity contribution is -0.153. The Morgan fingerprint density at radius 2 is 2.24 bits per heavy atom. The third-order valence-corrected chi connectivity index (χ3v) is 3.68. The van der Waals surface area contributed by atoms with Gasteiger partial charge in [0.2, 0.25) is 0 Å². The third kappa shape index (κ3) is 3.28. The smallest absolute Gasteiger partial charge is 0.170 e. The molecule has 0 radical (unpaired) electrons. The van der Waals surface area contributed by atoms with Crippen LogP contribution < -0.4 is 0 Å². The molecule has 2 atom stereocenters. The first-order valence-electron chi connectivity index (χ1n) is 5.79. The summed E-state index contributed by atoms with van der Waals surface area (Å²) < 4.78 is 12.6. The fraction of sp³-hybridized carbons (Fsp3) is 0.538. The molecule has 1 N–H and O–H groups in total. The number of aliphatic hydroxyl groups is 1. The molecular formula is C13H17BrO3. The molecule has 0 spiro atoms. The van der Waals surface area contributed by atoms with Crippen LogP contribution in [0, 0.1) is 0 Å². The lowest BCUT2D eigenvalue weighted by Crippen LogP contribution is -2.30. The van der Waals surface area contributed by atoms with Crippen molar-refractivity contribution >= 4 is 15.9 Å². The van der Waals surface area contributed by atoms with Crippen LogP contribution in [0.4, 0.5) is 0 Å². The normalized spacial score (nSPS) is 28.5. The molecule has 1 saturated heterocycles. The molecule has 0 aromatic heterocycles. The minimum absolute atomic E-state index is 0.00693. The minimum atomic E-state index is -0.580. The number of aliphatic hydroxyl groups excluding tert-OH is 1. The highest BCUT2D eigenvalue weighted by atomic mass is 79.9. The molecule has 94 valence electrons. The fourth-order valence-corrected chi connectivity index (χ4v) is 2.48. The molecule has 0 saturated carbocycles. The van der Waals surface area contributed by atoms with Crippen LogP contribution in [0.1, 0.15) is 18.9 Å². The SMILES string of the molecule is CC1(Cc2ccccc2Br)OCC(CCO)O1. The van der Waals surface area contributed by atoms with E-state index in [1.54, 1.807) is 0 Å². The lowest BCUT2D eigenvalue weighted by Gasteiger charge is -2.24. The van der Waals surface area contributed by atoms with Gasteiger partial charge in [-0.15, -0.1) is 0 Å². The highest BCUT2D eigenvalue weighted by Crippen LogP contribution is 2.30. The summed E-state index contributed by atoms with van der Waals surface area (Å²) >= 11 is 3.52. The van der Waals surface area contributed by atoms with E-state index in [0.29, 0.717) is 19.4 Å². The predicted molar refractivity (Wildman–Crippen MR) is 68.8 cm³/mol. The number of rotatable bonds is 4. The maximum atomic E-state index is 8.89. The molecule has 0 amide bonds. The van der Waals surface area contributed by atoms with Crippen molar-refractivity contribution in [1.82, 2.24) is 0 Å². The quantitative estimate of drug-likeness (QED) is 0.928. The van der Waals surface area contributed by atoms with Crippen LogP contribution in [0.5, 0.6) is 0 Å². The van der Waals surface area contributed by atoms with Crippen molar-refractivity contribution in [3.63, 3.8) is 0 Å². The van der Waals surface area contributed by atoms with E-state index >= 15 is 0 Å². The summed E-state index contributed by atoms with van der Waals surface area (Å²) in [7, 11) is 0. The van der Waals surface area contributed by atoms with Gasteiger partial charge in [-0.3, -0.25) is 0 Å². The molecule has 17 heavy (non-hydrogen) atoms. The van der Waals surface area contributed by atoms with Crippen LogP contribution in [0.15, 0.2) is 28.7 Å². The number of ether oxygens (including phenoxy) is 2. The highest BCUT2D eigenvalue weighted by molar-refractivity contribution is 9.10. The van der Waals surface area contributed by atoms with Crippen LogP contribution in [-0.2, 0) is 15.9 Å². The molecule has 2 unspecified atom stereocenters. The first kappa shape index (κ1) is 13.0. The largest absolute Gasteiger partial charge is 0.396 e. The monoisotopic (exact) mass is 300 g/mol. The van der Waals surface area contributed by atoms with Gasteiger partial charge in [0, 0.05) is 17.5 Å². The van der Waals surface area contributed by atoms with Crippen LogP contribution in [0.3, 0.4) is 0 Å². The van der Waals surface area contributed by atoms with Crippen LogP contribution >= 0.6 is 15.9 Å². The Hall–Kier alpha value is -0.420. The van der Waals surface area contributed by atoms with Gasteiger partial charge >= 0.3 is 0 Å². The van der Waals surface area contributed by atoms with E-state index in [2.05, 4.69) is 22.0 Å². The Labute approximate surface area is 110 Å². The maximum absolute atomic E-state index is 8.89. The topological polar surface area (TPSA) is 38.7 Å². The summed E-state index contributed by atoms with van der Waals surface area (Å²) in [5.41, 5.74) is 1.17. The van der Waals surface area contributed by atoms with Gasteiger partial charge in [-0.2, -0.15) is 0 Å². The summed E-state index contributed by atoms with van der Waals surface area (Å²) in [4.78, 5) is 0. The molecule has 1 fully saturated rings. The van der Waals surface area contributed by atoms with Crippen LogP contribution in [0.2, 0.25) is 0 Å². The van der Waals surface area contributed by atoms with Crippen molar-refractivity contribution in [2.24, 2.45) is 0 Å². The molecule has 1 aromatic rings. The molecule has 0 aliphatic carbocycles. The second kappa shape index (κ2) is 5.48. The van der Waals surface area contributed by atoms with E-state index in [9.17, 15) is 0 Å². The molecule has 1 heterocycles. The molecule has 4 heteroatoms. The summed E-state index contributed by atoms with van der Waals surface area (Å²) in [6.07, 6.45) is 1.34. The van der Waals surface area contributed by atoms with E-state index in [0.717, 1.165) is 4.47 Å². The molecule has 1 aliphatic heterocycles. The van der Waals surface area contributed by atoms with Crippen molar-refractivity contribution in [1.29, 1.82) is 0 Å². The van der Waals surface area contributed by atoms with Gasteiger partial charge in [-0.25, -0.2) is 0 Å². The minimum Gasteiger partial charge on any atom is -0.396 e.